The van der Waals surface area contributed by atoms with E-state index in [1.807, 2.05) is 0 Å². The standard InChI is InChI=1S/C15H22O2Se/c1-16-11-9-13-6-5-10-17-15(13)12-18-14-7-3-2-4-8-14/h2-4,7-8,13,15H,5-6,9-12H2,1H3/t13-,15-/m0/s1. The van der Waals surface area contributed by atoms with Gasteiger partial charge in [-0.15, -0.1) is 0 Å². The number of ether oxygens (including phenoxy) is 2. The van der Waals surface area contributed by atoms with Crippen LogP contribution >= 0.6 is 0 Å². The molecule has 1 aromatic rings. The van der Waals surface area contributed by atoms with E-state index in [0.717, 1.165) is 19.6 Å². The predicted octanol–water partition coefficient (Wildman–Crippen LogP) is 2.27. The average Bonchev–Trinajstić information content (AvgIpc) is 2.45. The molecule has 1 fully saturated rings. The summed E-state index contributed by atoms with van der Waals surface area (Å²) in [4.78, 5) is 0. The van der Waals surface area contributed by atoms with E-state index < -0.39 is 0 Å². The Morgan fingerprint density at radius 3 is 2.94 bits per heavy atom. The summed E-state index contributed by atoms with van der Waals surface area (Å²) < 4.78 is 12.7. The molecule has 1 aliphatic rings. The van der Waals surface area contributed by atoms with E-state index in [2.05, 4.69) is 30.3 Å². The van der Waals surface area contributed by atoms with E-state index in [4.69, 9.17) is 9.47 Å². The van der Waals surface area contributed by atoms with Gasteiger partial charge in [-0.3, -0.25) is 0 Å². The first kappa shape index (κ1) is 14.1. The fourth-order valence-electron chi connectivity index (χ4n) is 2.38. The molecule has 2 atom stereocenters. The fraction of sp³-hybridized carbons (Fsp3) is 0.600. The summed E-state index contributed by atoms with van der Waals surface area (Å²) in [5, 5.41) is 1.20. The molecule has 2 nitrogen and oxygen atoms in total. The number of hydrogen-bond acceptors (Lipinski definition) is 2. The minimum absolute atomic E-state index is 0.453. The third-order valence-corrected chi connectivity index (χ3v) is 5.74. The van der Waals surface area contributed by atoms with Crippen LogP contribution in [0.3, 0.4) is 0 Å². The van der Waals surface area contributed by atoms with Crippen molar-refractivity contribution in [2.75, 3.05) is 20.3 Å². The van der Waals surface area contributed by atoms with Gasteiger partial charge in [-0.2, -0.15) is 0 Å². The first-order chi connectivity index (χ1) is 8.90. The van der Waals surface area contributed by atoms with Gasteiger partial charge in [0.2, 0.25) is 0 Å². The average molecular weight is 313 g/mol. The second kappa shape index (κ2) is 7.96. The summed E-state index contributed by atoms with van der Waals surface area (Å²) in [6, 6.07) is 10.8. The van der Waals surface area contributed by atoms with Gasteiger partial charge in [0, 0.05) is 0 Å². The zero-order chi connectivity index (χ0) is 12.6. The maximum atomic E-state index is 5.97. The Hall–Kier alpha value is -0.341. The zero-order valence-corrected chi connectivity index (χ0v) is 12.7. The molecular weight excluding hydrogens is 291 g/mol. The van der Waals surface area contributed by atoms with Crippen LogP contribution in [0.15, 0.2) is 30.3 Å². The Morgan fingerprint density at radius 1 is 1.33 bits per heavy atom. The van der Waals surface area contributed by atoms with Crippen LogP contribution in [0, 0.1) is 5.92 Å². The number of rotatable bonds is 6. The Bertz CT molecular complexity index is 329. The van der Waals surface area contributed by atoms with E-state index in [0.29, 0.717) is 27.0 Å². The van der Waals surface area contributed by atoms with Crippen molar-refractivity contribution in [3.8, 4) is 0 Å². The maximum absolute atomic E-state index is 5.97. The summed E-state index contributed by atoms with van der Waals surface area (Å²) >= 11 is 0.536. The molecule has 0 amide bonds. The van der Waals surface area contributed by atoms with E-state index in [1.165, 1.54) is 22.6 Å². The monoisotopic (exact) mass is 314 g/mol. The first-order valence-electron chi connectivity index (χ1n) is 6.68. The van der Waals surface area contributed by atoms with Crippen molar-refractivity contribution >= 4 is 19.4 Å². The van der Waals surface area contributed by atoms with E-state index >= 15 is 0 Å². The number of benzene rings is 1. The summed E-state index contributed by atoms with van der Waals surface area (Å²) in [5.74, 6) is 0.698. The van der Waals surface area contributed by atoms with Gasteiger partial charge in [-0.25, -0.2) is 0 Å². The van der Waals surface area contributed by atoms with Crippen molar-refractivity contribution in [2.24, 2.45) is 5.92 Å². The van der Waals surface area contributed by atoms with Crippen molar-refractivity contribution in [3.63, 3.8) is 0 Å². The van der Waals surface area contributed by atoms with Crippen LogP contribution in [0.2, 0.25) is 5.32 Å². The van der Waals surface area contributed by atoms with Crippen LogP contribution < -0.4 is 4.46 Å². The summed E-state index contributed by atoms with van der Waals surface area (Å²) in [5.41, 5.74) is 0. The van der Waals surface area contributed by atoms with Crippen LogP contribution in [-0.2, 0) is 9.47 Å². The molecule has 1 saturated heterocycles. The fourth-order valence-corrected chi connectivity index (χ4v) is 4.64. The first-order valence-corrected chi connectivity index (χ1v) is 8.75. The summed E-state index contributed by atoms with van der Waals surface area (Å²) in [6.45, 7) is 1.81. The third-order valence-electron chi connectivity index (χ3n) is 3.43. The Kier molecular flexibility index (Phi) is 6.22. The predicted molar refractivity (Wildman–Crippen MR) is 75.6 cm³/mol. The molecule has 2 rings (SSSR count). The molecular formula is C15H22O2Se. The van der Waals surface area contributed by atoms with Crippen LogP contribution in [0.1, 0.15) is 19.3 Å². The van der Waals surface area contributed by atoms with Gasteiger partial charge >= 0.3 is 116 Å². The molecule has 0 saturated carbocycles. The van der Waals surface area contributed by atoms with Gasteiger partial charge in [0.05, 0.1) is 0 Å². The van der Waals surface area contributed by atoms with Gasteiger partial charge in [-0.1, -0.05) is 0 Å². The molecule has 0 bridgehead atoms. The molecule has 100 valence electrons. The molecule has 1 heterocycles. The molecule has 18 heavy (non-hydrogen) atoms. The molecule has 0 aromatic heterocycles. The van der Waals surface area contributed by atoms with Crippen molar-refractivity contribution < 1.29 is 9.47 Å². The number of hydrogen-bond donors (Lipinski definition) is 0. The van der Waals surface area contributed by atoms with Gasteiger partial charge in [0.15, 0.2) is 0 Å². The molecule has 1 aliphatic heterocycles. The third kappa shape index (κ3) is 4.40. The van der Waals surface area contributed by atoms with E-state index in [-0.39, 0.29) is 0 Å². The summed E-state index contributed by atoms with van der Waals surface area (Å²) in [7, 11) is 1.78. The second-order valence-corrected chi connectivity index (χ2v) is 7.01. The second-order valence-electron chi connectivity index (χ2n) is 4.72. The van der Waals surface area contributed by atoms with Gasteiger partial charge in [-0.05, 0) is 0 Å². The Morgan fingerprint density at radius 2 is 2.17 bits per heavy atom. The molecule has 0 unspecified atom stereocenters. The SMILES string of the molecule is COCC[C@@H]1CCCO[C@H]1C[Se]c1ccccc1. The minimum atomic E-state index is 0.453. The molecule has 1 aromatic carbocycles. The van der Waals surface area contributed by atoms with Gasteiger partial charge < -0.3 is 0 Å². The van der Waals surface area contributed by atoms with Crippen molar-refractivity contribution in [2.45, 2.75) is 30.7 Å². The topological polar surface area (TPSA) is 18.5 Å². The van der Waals surface area contributed by atoms with Gasteiger partial charge in [0.1, 0.15) is 0 Å². The Balaban J connectivity index is 1.81. The van der Waals surface area contributed by atoms with Crippen LogP contribution in [0.25, 0.3) is 0 Å². The van der Waals surface area contributed by atoms with Crippen LogP contribution in [0.5, 0.6) is 0 Å². The van der Waals surface area contributed by atoms with E-state index in [1.54, 1.807) is 7.11 Å². The van der Waals surface area contributed by atoms with Crippen molar-refractivity contribution in [1.82, 2.24) is 0 Å². The molecule has 0 N–H and O–H groups in total. The number of methoxy groups -OCH3 is 1. The van der Waals surface area contributed by atoms with E-state index in [9.17, 15) is 0 Å². The van der Waals surface area contributed by atoms with Crippen LogP contribution in [-0.4, -0.2) is 41.4 Å². The zero-order valence-electron chi connectivity index (χ0n) is 11.0. The molecule has 0 spiro atoms. The quantitative estimate of drug-likeness (QED) is 0.750. The molecule has 0 aliphatic carbocycles. The normalized spacial score (nSPS) is 24.1. The van der Waals surface area contributed by atoms with Gasteiger partial charge in [0.25, 0.3) is 0 Å². The molecule has 0 radical (unpaired) electrons. The summed E-state index contributed by atoms with van der Waals surface area (Å²) in [6.07, 6.45) is 4.11. The van der Waals surface area contributed by atoms with Crippen LogP contribution in [0.4, 0.5) is 0 Å². The Labute approximate surface area is 116 Å². The van der Waals surface area contributed by atoms with Crippen molar-refractivity contribution in [3.05, 3.63) is 30.3 Å². The molecule has 3 heteroatoms. The van der Waals surface area contributed by atoms with Crippen molar-refractivity contribution in [1.29, 1.82) is 0 Å².